The maximum atomic E-state index is 12.8. The zero-order valence-corrected chi connectivity index (χ0v) is 14.8. The van der Waals surface area contributed by atoms with Crippen LogP contribution in [0.2, 0.25) is 0 Å². The predicted molar refractivity (Wildman–Crippen MR) is 94.4 cm³/mol. The van der Waals surface area contributed by atoms with Crippen LogP contribution in [-0.2, 0) is 11.3 Å². The molecule has 24 heavy (non-hydrogen) atoms. The molecule has 0 bridgehead atoms. The molecular formula is C17H22N4O2S. The summed E-state index contributed by atoms with van der Waals surface area (Å²) in [4.78, 5) is 17.2. The fourth-order valence-corrected chi connectivity index (χ4v) is 3.27. The van der Waals surface area contributed by atoms with Crippen molar-refractivity contribution in [1.29, 1.82) is 0 Å². The van der Waals surface area contributed by atoms with E-state index in [-0.39, 0.29) is 12.0 Å². The number of rotatable bonds is 6. The van der Waals surface area contributed by atoms with Gasteiger partial charge in [-0.15, -0.1) is 5.10 Å². The molecule has 0 N–H and O–H groups in total. The summed E-state index contributed by atoms with van der Waals surface area (Å²) in [5.41, 5.74) is 2.24. The maximum Gasteiger partial charge on any atom is 0.267 e. The van der Waals surface area contributed by atoms with E-state index in [0.717, 1.165) is 42.2 Å². The van der Waals surface area contributed by atoms with Gasteiger partial charge in [0.2, 0.25) is 0 Å². The Morgan fingerprint density at radius 2 is 2.12 bits per heavy atom. The van der Waals surface area contributed by atoms with E-state index in [1.54, 1.807) is 0 Å². The van der Waals surface area contributed by atoms with E-state index in [4.69, 9.17) is 4.74 Å². The van der Waals surface area contributed by atoms with Gasteiger partial charge in [0.15, 0.2) is 0 Å². The molecule has 1 aliphatic heterocycles. The first-order chi connectivity index (χ1) is 11.6. The minimum atomic E-state index is -0.0304. The van der Waals surface area contributed by atoms with Crippen molar-refractivity contribution in [2.75, 3.05) is 32.1 Å². The molecule has 2 aromatic rings. The third kappa shape index (κ3) is 4.10. The van der Waals surface area contributed by atoms with Crippen LogP contribution in [0.15, 0.2) is 30.5 Å². The summed E-state index contributed by atoms with van der Waals surface area (Å²) in [6.07, 6.45) is 3.72. The molecule has 1 aliphatic rings. The lowest BCUT2D eigenvalue weighted by molar-refractivity contribution is 0.0511. The molecule has 3 rings (SSSR count). The number of hydrogen-bond donors (Lipinski definition) is 0. The first-order valence-electron chi connectivity index (χ1n) is 8.08. The first kappa shape index (κ1) is 16.9. The molecule has 0 spiro atoms. The molecular weight excluding hydrogens is 324 g/mol. The van der Waals surface area contributed by atoms with E-state index in [1.165, 1.54) is 6.20 Å². The zero-order valence-electron chi connectivity index (χ0n) is 14.0. The Labute approximate surface area is 146 Å². The lowest BCUT2D eigenvalue weighted by atomic mass is 10.1. The molecule has 1 saturated heterocycles. The van der Waals surface area contributed by atoms with Gasteiger partial charge in [-0.25, -0.2) is 0 Å². The van der Waals surface area contributed by atoms with Crippen molar-refractivity contribution < 1.29 is 9.53 Å². The van der Waals surface area contributed by atoms with Crippen LogP contribution in [0.5, 0.6) is 0 Å². The summed E-state index contributed by atoms with van der Waals surface area (Å²) in [6.45, 7) is 1.95. The predicted octanol–water partition coefficient (Wildman–Crippen LogP) is 2.43. The zero-order chi connectivity index (χ0) is 16.9. The van der Waals surface area contributed by atoms with Crippen molar-refractivity contribution in [2.24, 2.45) is 0 Å². The average molecular weight is 346 g/mol. The average Bonchev–Trinajstić information content (AvgIpc) is 3.28. The highest BCUT2D eigenvalue weighted by molar-refractivity contribution is 7.07. The standard InChI is InChI=1S/C17H22N4O2S/c1-20(2)14-7-5-13(6-8-14)11-21(12-15-4-3-9-23-15)17(22)16-10-18-19-24-16/h5-8,10,15H,3-4,9,11-12H2,1-2H3. The number of carbonyl (C=O) groups excluding carboxylic acids is 1. The Kier molecular flexibility index (Phi) is 5.42. The third-order valence-electron chi connectivity index (χ3n) is 4.13. The molecule has 7 heteroatoms. The molecule has 0 radical (unpaired) electrons. The molecule has 1 amide bonds. The molecule has 1 unspecified atom stereocenters. The van der Waals surface area contributed by atoms with Crippen LogP contribution in [0, 0.1) is 0 Å². The second-order valence-electron chi connectivity index (χ2n) is 6.16. The molecule has 1 aromatic heterocycles. The number of nitrogens with zero attached hydrogens (tertiary/aromatic N) is 4. The molecule has 6 nitrogen and oxygen atoms in total. The molecule has 1 fully saturated rings. The van der Waals surface area contributed by atoms with Crippen LogP contribution in [0.3, 0.4) is 0 Å². The van der Waals surface area contributed by atoms with E-state index in [2.05, 4.69) is 38.8 Å². The maximum absolute atomic E-state index is 12.8. The van der Waals surface area contributed by atoms with Gasteiger partial charge < -0.3 is 14.5 Å². The van der Waals surface area contributed by atoms with Crippen molar-refractivity contribution in [3.63, 3.8) is 0 Å². The van der Waals surface area contributed by atoms with E-state index in [9.17, 15) is 4.79 Å². The largest absolute Gasteiger partial charge is 0.378 e. The Morgan fingerprint density at radius 3 is 2.71 bits per heavy atom. The topological polar surface area (TPSA) is 58.6 Å². The quantitative estimate of drug-likeness (QED) is 0.804. The van der Waals surface area contributed by atoms with Gasteiger partial charge in [0.25, 0.3) is 5.91 Å². The minimum absolute atomic E-state index is 0.0304. The van der Waals surface area contributed by atoms with Crippen LogP contribution < -0.4 is 4.90 Å². The highest BCUT2D eigenvalue weighted by atomic mass is 32.1. The smallest absolute Gasteiger partial charge is 0.267 e. The van der Waals surface area contributed by atoms with E-state index in [0.29, 0.717) is 18.0 Å². The highest BCUT2D eigenvalue weighted by Gasteiger charge is 2.24. The molecule has 1 atom stereocenters. The minimum Gasteiger partial charge on any atom is -0.378 e. The van der Waals surface area contributed by atoms with Gasteiger partial charge in [0, 0.05) is 39.5 Å². The second-order valence-corrected chi connectivity index (χ2v) is 6.95. The van der Waals surface area contributed by atoms with Crippen LogP contribution in [0.1, 0.15) is 28.1 Å². The molecule has 0 saturated carbocycles. The monoisotopic (exact) mass is 346 g/mol. The Hall–Kier alpha value is -1.99. The number of benzene rings is 1. The van der Waals surface area contributed by atoms with Crippen molar-refractivity contribution in [2.45, 2.75) is 25.5 Å². The first-order valence-corrected chi connectivity index (χ1v) is 8.85. The number of amides is 1. The Morgan fingerprint density at radius 1 is 1.33 bits per heavy atom. The fourth-order valence-electron chi connectivity index (χ4n) is 2.79. The SMILES string of the molecule is CN(C)c1ccc(CN(CC2CCCO2)C(=O)c2cnns2)cc1. The van der Waals surface area contributed by atoms with E-state index in [1.807, 2.05) is 19.0 Å². The van der Waals surface area contributed by atoms with Gasteiger partial charge in [-0.3, -0.25) is 4.79 Å². The number of anilines is 1. The van der Waals surface area contributed by atoms with Crippen LogP contribution in [-0.4, -0.2) is 53.7 Å². The summed E-state index contributed by atoms with van der Waals surface area (Å²) < 4.78 is 9.51. The number of carbonyl (C=O) groups is 1. The molecule has 2 heterocycles. The van der Waals surface area contributed by atoms with Gasteiger partial charge in [0.1, 0.15) is 4.88 Å². The molecule has 0 aliphatic carbocycles. The summed E-state index contributed by atoms with van der Waals surface area (Å²) in [5, 5.41) is 3.78. The highest BCUT2D eigenvalue weighted by Crippen LogP contribution is 2.19. The Balaban J connectivity index is 1.74. The van der Waals surface area contributed by atoms with Crippen molar-refractivity contribution in [3.05, 3.63) is 40.9 Å². The van der Waals surface area contributed by atoms with Crippen LogP contribution in [0.25, 0.3) is 0 Å². The van der Waals surface area contributed by atoms with E-state index >= 15 is 0 Å². The summed E-state index contributed by atoms with van der Waals surface area (Å²) in [6, 6.07) is 8.27. The summed E-state index contributed by atoms with van der Waals surface area (Å²) in [7, 11) is 4.03. The lowest BCUT2D eigenvalue weighted by Gasteiger charge is -2.25. The van der Waals surface area contributed by atoms with Crippen LogP contribution in [0.4, 0.5) is 5.69 Å². The molecule has 1 aromatic carbocycles. The van der Waals surface area contributed by atoms with Crippen molar-refractivity contribution >= 4 is 23.1 Å². The van der Waals surface area contributed by atoms with E-state index < -0.39 is 0 Å². The number of ether oxygens (including phenoxy) is 1. The number of aromatic nitrogens is 2. The normalized spacial score (nSPS) is 17.0. The van der Waals surface area contributed by atoms with Gasteiger partial charge >= 0.3 is 0 Å². The van der Waals surface area contributed by atoms with Gasteiger partial charge in [-0.05, 0) is 42.1 Å². The van der Waals surface area contributed by atoms with Crippen molar-refractivity contribution in [3.8, 4) is 0 Å². The number of hydrogen-bond acceptors (Lipinski definition) is 6. The van der Waals surface area contributed by atoms with Crippen LogP contribution >= 0.6 is 11.5 Å². The van der Waals surface area contributed by atoms with Gasteiger partial charge in [-0.1, -0.05) is 16.6 Å². The molecule has 128 valence electrons. The summed E-state index contributed by atoms with van der Waals surface area (Å²) >= 11 is 1.13. The van der Waals surface area contributed by atoms with Gasteiger partial charge in [0.05, 0.1) is 12.3 Å². The lowest BCUT2D eigenvalue weighted by Crippen LogP contribution is -2.36. The summed E-state index contributed by atoms with van der Waals surface area (Å²) in [5.74, 6) is -0.0304. The fraction of sp³-hybridized carbons (Fsp3) is 0.471. The van der Waals surface area contributed by atoms with Crippen molar-refractivity contribution in [1.82, 2.24) is 14.5 Å². The Bertz CT molecular complexity index is 652. The third-order valence-corrected chi connectivity index (χ3v) is 4.79. The second kappa shape index (κ2) is 7.72. The van der Waals surface area contributed by atoms with Gasteiger partial charge in [-0.2, -0.15) is 0 Å².